The summed E-state index contributed by atoms with van der Waals surface area (Å²) >= 11 is 5.98. The highest BCUT2D eigenvalue weighted by molar-refractivity contribution is 6.30. The minimum absolute atomic E-state index is 0.173. The van der Waals surface area contributed by atoms with Gasteiger partial charge in [-0.2, -0.15) is 15.1 Å². The molecule has 0 amide bonds. The van der Waals surface area contributed by atoms with Crippen molar-refractivity contribution in [1.29, 1.82) is 0 Å². The Morgan fingerprint density at radius 2 is 2.25 bits per heavy atom. The van der Waals surface area contributed by atoms with Crippen LogP contribution in [0.2, 0.25) is 5.02 Å². The highest BCUT2D eigenvalue weighted by atomic mass is 35.5. The zero-order chi connectivity index (χ0) is 16.4. The second-order valence-corrected chi connectivity index (χ2v) is 5.81. The molecule has 0 bridgehead atoms. The van der Waals surface area contributed by atoms with Crippen LogP contribution in [0.25, 0.3) is 5.78 Å². The average Bonchev–Trinajstić information content (AvgIpc) is 3.08. The van der Waals surface area contributed by atoms with E-state index in [1.165, 1.54) is 6.33 Å². The van der Waals surface area contributed by atoms with E-state index in [0.29, 0.717) is 24.0 Å². The lowest BCUT2D eigenvalue weighted by molar-refractivity contribution is 0.0775. The van der Waals surface area contributed by atoms with E-state index in [0.717, 1.165) is 17.9 Å². The molecule has 1 aromatic carbocycles. The van der Waals surface area contributed by atoms with Crippen LogP contribution in [0.4, 0.5) is 5.82 Å². The molecule has 1 saturated heterocycles. The standard InChI is InChI=1S/C17H14ClN5O/c18-14-3-1-2-13(10-14)4-5-15-11-22(8-9-24-15)16-6-7-23-17(21-16)19-12-20-23/h1-3,6-7,10,12,15H,8-9,11H2. The number of morpholine rings is 1. The summed E-state index contributed by atoms with van der Waals surface area (Å²) in [5.74, 6) is 7.72. The van der Waals surface area contributed by atoms with Gasteiger partial charge in [0.15, 0.2) is 0 Å². The highest BCUT2D eigenvalue weighted by Crippen LogP contribution is 2.15. The zero-order valence-electron chi connectivity index (χ0n) is 12.8. The third kappa shape index (κ3) is 3.18. The Morgan fingerprint density at radius 3 is 3.17 bits per heavy atom. The number of fused-ring (bicyclic) bond motifs is 1. The maximum Gasteiger partial charge on any atom is 0.254 e. The number of halogens is 1. The summed E-state index contributed by atoms with van der Waals surface area (Å²) in [5.41, 5.74) is 0.881. The Bertz CT molecular complexity index is 929. The molecule has 6 nitrogen and oxygen atoms in total. The molecule has 0 aliphatic carbocycles. The molecule has 0 N–H and O–H groups in total. The number of rotatable bonds is 1. The molecule has 1 unspecified atom stereocenters. The molecule has 1 aliphatic heterocycles. The van der Waals surface area contributed by atoms with Gasteiger partial charge in [-0.05, 0) is 24.3 Å². The molecule has 1 fully saturated rings. The monoisotopic (exact) mass is 339 g/mol. The molecule has 24 heavy (non-hydrogen) atoms. The Kier molecular flexibility index (Phi) is 4.03. The van der Waals surface area contributed by atoms with Crippen LogP contribution in [0.15, 0.2) is 42.9 Å². The fourth-order valence-electron chi connectivity index (χ4n) is 2.56. The van der Waals surface area contributed by atoms with Gasteiger partial charge < -0.3 is 9.64 Å². The zero-order valence-corrected chi connectivity index (χ0v) is 13.5. The Hall–Kier alpha value is -2.62. The largest absolute Gasteiger partial charge is 0.362 e. The molecule has 3 aromatic rings. The van der Waals surface area contributed by atoms with Gasteiger partial charge in [0.05, 0.1) is 13.2 Å². The molecule has 120 valence electrons. The van der Waals surface area contributed by atoms with Crippen LogP contribution >= 0.6 is 11.6 Å². The summed E-state index contributed by atoms with van der Waals surface area (Å²) in [6, 6.07) is 9.42. The van der Waals surface area contributed by atoms with Crippen LogP contribution < -0.4 is 4.90 Å². The minimum Gasteiger partial charge on any atom is -0.362 e. The topological polar surface area (TPSA) is 55.5 Å². The van der Waals surface area contributed by atoms with E-state index in [-0.39, 0.29) is 6.10 Å². The number of hydrogen-bond acceptors (Lipinski definition) is 5. The Labute approximate surface area is 144 Å². The van der Waals surface area contributed by atoms with Crippen LogP contribution in [0, 0.1) is 11.8 Å². The molecule has 1 aliphatic rings. The number of anilines is 1. The maximum absolute atomic E-state index is 5.98. The van der Waals surface area contributed by atoms with E-state index in [1.54, 1.807) is 4.52 Å². The van der Waals surface area contributed by atoms with Crippen molar-refractivity contribution in [3.8, 4) is 11.8 Å². The van der Waals surface area contributed by atoms with Gasteiger partial charge >= 0.3 is 0 Å². The van der Waals surface area contributed by atoms with E-state index in [1.807, 2.05) is 36.5 Å². The molecule has 2 aromatic heterocycles. The number of benzene rings is 1. The fraction of sp³-hybridized carbons (Fsp3) is 0.235. The molecular formula is C17H14ClN5O. The third-order valence-corrected chi connectivity index (χ3v) is 3.96. The van der Waals surface area contributed by atoms with Crippen molar-refractivity contribution in [3.63, 3.8) is 0 Å². The second kappa shape index (κ2) is 6.48. The predicted octanol–water partition coefficient (Wildman–Crippen LogP) is 2.03. The van der Waals surface area contributed by atoms with Gasteiger partial charge in [0, 0.05) is 23.3 Å². The van der Waals surface area contributed by atoms with Crippen LogP contribution in [0.5, 0.6) is 0 Å². The van der Waals surface area contributed by atoms with E-state index in [9.17, 15) is 0 Å². The summed E-state index contributed by atoms with van der Waals surface area (Å²) in [7, 11) is 0. The lowest BCUT2D eigenvalue weighted by Gasteiger charge is -2.31. The fourth-order valence-corrected chi connectivity index (χ4v) is 2.75. The lowest BCUT2D eigenvalue weighted by Crippen LogP contribution is -2.42. The number of hydrogen-bond donors (Lipinski definition) is 0. The van der Waals surface area contributed by atoms with Crippen molar-refractivity contribution in [2.45, 2.75) is 6.10 Å². The smallest absolute Gasteiger partial charge is 0.254 e. The van der Waals surface area contributed by atoms with Crippen molar-refractivity contribution >= 4 is 23.2 Å². The molecule has 0 radical (unpaired) electrons. The molecule has 4 rings (SSSR count). The maximum atomic E-state index is 5.98. The van der Waals surface area contributed by atoms with Gasteiger partial charge in [-0.25, -0.2) is 4.52 Å². The highest BCUT2D eigenvalue weighted by Gasteiger charge is 2.20. The van der Waals surface area contributed by atoms with Crippen LogP contribution in [0.3, 0.4) is 0 Å². The molecule has 0 saturated carbocycles. The first-order valence-corrected chi connectivity index (χ1v) is 7.96. The van der Waals surface area contributed by atoms with Crippen molar-refractivity contribution < 1.29 is 4.74 Å². The van der Waals surface area contributed by atoms with Crippen LogP contribution in [-0.2, 0) is 4.74 Å². The van der Waals surface area contributed by atoms with Crippen molar-refractivity contribution in [2.24, 2.45) is 0 Å². The summed E-state index contributed by atoms with van der Waals surface area (Å²) in [5, 5.41) is 4.74. The molecular weight excluding hydrogens is 326 g/mol. The Balaban J connectivity index is 1.51. The van der Waals surface area contributed by atoms with E-state index in [4.69, 9.17) is 16.3 Å². The van der Waals surface area contributed by atoms with Gasteiger partial charge in [-0.15, -0.1) is 0 Å². The van der Waals surface area contributed by atoms with Crippen molar-refractivity contribution in [1.82, 2.24) is 19.6 Å². The van der Waals surface area contributed by atoms with E-state index in [2.05, 4.69) is 31.8 Å². The summed E-state index contributed by atoms with van der Waals surface area (Å²) in [4.78, 5) is 10.8. The van der Waals surface area contributed by atoms with Crippen LogP contribution in [0.1, 0.15) is 5.56 Å². The van der Waals surface area contributed by atoms with Crippen molar-refractivity contribution in [2.75, 3.05) is 24.6 Å². The predicted molar refractivity (Wildman–Crippen MR) is 91.1 cm³/mol. The quantitative estimate of drug-likeness (QED) is 0.635. The summed E-state index contributed by atoms with van der Waals surface area (Å²) in [6.07, 6.45) is 3.17. The molecule has 7 heteroatoms. The summed E-state index contributed by atoms with van der Waals surface area (Å²) < 4.78 is 7.38. The SMILES string of the molecule is Clc1cccc(C#CC2CN(c3ccn4ncnc4n3)CCO2)c1. The first-order chi connectivity index (χ1) is 11.8. The first-order valence-electron chi connectivity index (χ1n) is 7.58. The van der Waals surface area contributed by atoms with Gasteiger partial charge in [0.2, 0.25) is 0 Å². The van der Waals surface area contributed by atoms with Crippen LogP contribution in [-0.4, -0.2) is 45.4 Å². The normalized spacial score (nSPS) is 17.5. The van der Waals surface area contributed by atoms with Gasteiger partial charge in [0.25, 0.3) is 5.78 Å². The van der Waals surface area contributed by atoms with Gasteiger partial charge in [0.1, 0.15) is 18.2 Å². The minimum atomic E-state index is -0.173. The van der Waals surface area contributed by atoms with E-state index >= 15 is 0 Å². The molecule has 1 atom stereocenters. The number of nitrogens with zero attached hydrogens (tertiary/aromatic N) is 5. The van der Waals surface area contributed by atoms with Crippen molar-refractivity contribution in [3.05, 3.63) is 53.4 Å². The lowest BCUT2D eigenvalue weighted by atomic mass is 10.2. The number of aromatic nitrogens is 4. The number of ether oxygens (including phenoxy) is 1. The third-order valence-electron chi connectivity index (χ3n) is 3.73. The summed E-state index contributed by atoms with van der Waals surface area (Å²) in [6.45, 7) is 2.03. The van der Waals surface area contributed by atoms with Gasteiger partial charge in [-0.1, -0.05) is 29.5 Å². The molecule has 0 spiro atoms. The Morgan fingerprint density at radius 1 is 1.29 bits per heavy atom. The average molecular weight is 340 g/mol. The molecule has 3 heterocycles. The first kappa shape index (κ1) is 14.9. The van der Waals surface area contributed by atoms with Gasteiger partial charge in [-0.3, -0.25) is 0 Å². The second-order valence-electron chi connectivity index (χ2n) is 5.38. The van der Waals surface area contributed by atoms with E-state index < -0.39 is 0 Å².